The first-order valence-corrected chi connectivity index (χ1v) is 7.21. The van der Waals surface area contributed by atoms with Crippen LogP contribution in [0.3, 0.4) is 0 Å². The molecule has 2 rings (SSSR count). The Balaban J connectivity index is 2.36. The van der Waals surface area contributed by atoms with Gasteiger partial charge in [0.2, 0.25) is 0 Å². The van der Waals surface area contributed by atoms with Gasteiger partial charge in [-0.2, -0.15) is 4.31 Å². The monoisotopic (exact) mass is 277 g/mol. The SMILES string of the molecule is O=C(O)[C@H]1C[C@@H](O)CN1S(=O)(=O)c1cccs1. The molecule has 0 amide bonds. The lowest BCUT2D eigenvalue weighted by molar-refractivity contribution is -0.140. The molecule has 1 aliphatic heterocycles. The van der Waals surface area contributed by atoms with Crippen LogP contribution in [0.5, 0.6) is 0 Å². The molecule has 1 aromatic heterocycles. The summed E-state index contributed by atoms with van der Waals surface area (Å²) >= 11 is 1.03. The van der Waals surface area contributed by atoms with Crippen LogP contribution in [0, 0.1) is 0 Å². The molecule has 94 valence electrons. The lowest BCUT2D eigenvalue weighted by Gasteiger charge is -2.19. The van der Waals surface area contributed by atoms with Crippen molar-refractivity contribution < 1.29 is 23.4 Å². The van der Waals surface area contributed by atoms with Crippen LogP contribution in [-0.2, 0) is 14.8 Å². The molecule has 17 heavy (non-hydrogen) atoms. The lowest BCUT2D eigenvalue weighted by Crippen LogP contribution is -2.40. The lowest BCUT2D eigenvalue weighted by atomic mass is 10.2. The van der Waals surface area contributed by atoms with Crippen molar-refractivity contribution in [1.29, 1.82) is 0 Å². The van der Waals surface area contributed by atoms with Crippen molar-refractivity contribution >= 4 is 27.3 Å². The first-order valence-electron chi connectivity index (χ1n) is 4.89. The first kappa shape index (κ1) is 12.5. The highest BCUT2D eigenvalue weighted by Gasteiger charge is 2.43. The molecular weight excluding hydrogens is 266 g/mol. The van der Waals surface area contributed by atoms with E-state index in [2.05, 4.69) is 0 Å². The van der Waals surface area contributed by atoms with Gasteiger partial charge < -0.3 is 10.2 Å². The predicted molar refractivity (Wildman–Crippen MR) is 60.3 cm³/mol. The fourth-order valence-corrected chi connectivity index (χ4v) is 4.55. The summed E-state index contributed by atoms with van der Waals surface area (Å²) in [6.45, 7) is -0.169. The normalized spacial score (nSPS) is 26.2. The van der Waals surface area contributed by atoms with Crippen molar-refractivity contribution in [3.63, 3.8) is 0 Å². The summed E-state index contributed by atoms with van der Waals surface area (Å²) in [7, 11) is -3.81. The highest BCUT2D eigenvalue weighted by atomic mass is 32.2. The summed E-state index contributed by atoms with van der Waals surface area (Å²) in [5, 5.41) is 20.0. The summed E-state index contributed by atoms with van der Waals surface area (Å²) in [6.07, 6.45) is -0.995. The van der Waals surface area contributed by atoms with Crippen LogP contribution in [0.2, 0.25) is 0 Å². The fraction of sp³-hybridized carbons (Fsp3) is 0.444. The first-order chi connectivity index (χ1) is 7.93. The van der Waals surface area contributed by atoms with E-state index in [4.69, 9.17) is 5.11 Å². The molecule has 1 aromatic rings. The molecular formula is C9H11NO5S2. The van der Waals surface area contributed by atoms with E-state index in [0.29, 0.717) is 0 Å². The zero-order valence-corrected chi connectivity index (χ0v) is 10.3. The molecule has 2 atom stereocenters. The van der Waals surface area contributed by atoms with Crippen molar-refractivity contribution in [2.24, 2.45) is 0 Å². The molecule has 0 spiro atoms. The van der Waals surface area contributed by atoms with Gasteiger partial charge in [0.1, 0.15) is 10.3 Å². The number of hydrogen-bond donors (Lipinski definition) is 2. The van der Waals surface area contributed by atoms with Gasteiger partial charge in [-0.1, -0.05) is 6.07 Å². The molecule has 2 N–H and O–H groups in total. The Labute approximate surface area is 102 Å². The summed E-state index contributed by atoms with van der Waals surface area (Å²) < 4.78 is 25.2. The van der Waals surface area contributed by atoms with Crippen LogP contribution in [0.1, 0.15) is 6.42 Å². The smallest absolute Gasteiger partial charge is 0.322 e. The molecule has 1 saturated heterocycles. The second kappa shape index (κ2) is 4.37. The molecule has 1 fully saturated rings. The van der Waals surface area contributed by atoms with E-state index in [-0.39, 0.29) is 17.2 Å². The maximum Gasteiger partial charge on any atom is 0.322 e. The van der Waals surface area contributed by atoms with Crippen LogP contribution < -0.4 is 0 Å². The number of carboxylic acids is 1. The van der Waals surface area contributed by atoms with Crippen molar-refractivity contribution in [2.75, 3.05) is 6.54 Å². The van der Waals surface area contributed by atoms with E-state index >= 15 is 0 Å². The van der Waals surface area contributed by atoms with E-state index < -0.39 is 28.1 Å². The molecule has 8 heteroatoms. The molecule has 6 nitrogen and oxygen atoms in total. The predicted octanol–water partition coefficient (Wildman–Crippen LogP) is -0.0434. The maximum absolute atomic E-state index is 12.1. The van der Waals surface area contributed by atoms with Crippen molar-refractivity contribution in [3.05, 3.63) is 17.5 Å². The number of aliphatic carboxylic acids is 1. The van der Waals surface area contributed by atoms with Crippen LogP contribution in [0.15, 0.2) is 21.7 Å². The molecule has 0 aliphatic carbocycles. The number of sulfonamides is 1. The average molecular weight is 277 g/mol. The topological polar surface area (TPSA) is 94.9 Å². The highest BCUT2D eigenvalue weighted by Crippen LogP contribution is 2.28. The molecule has 0 unspecified atom stereocenters. The number of carbonyl (C=O) groups is 1. The van der Waals surface area contributed by atoms with E-state index in [1.165, 1.54) is 6.07 Å². The third-order valence-corrected chi connectivity index (χ3v) is 5.82. The van der Waals surface area contributed by atoms with Crippen molar-refractivity contribution in [1.82, 2.24) is 4.31 Å². The van der Waals surface area contributed by atoms with Gasteiger partial charge in [0.15, 0.2) is 0 Å². The largest absolute Gasteiger partial charge is 0.480 e. The molecule has 0 radical (unpaired) electrons. The van der Waals surface area contributed by atoms with Gasteiger partial charge in [-0.05, 0) is 11.4 Å². The maximum atomic E-state index is 12.1. The standard InChI is InChI=1S/C9H11NO5S2/c11-6-4-7(9(12)13)10(5-6)17(14,15)8-2-1-3-16-8/h1-3,6-7,11H,4-5H2,(H,12,13)/t6-,7-/m1/s1. The number of rotatable bonds is 3. The molecule has 2 heterocycles. The highest BCUT2D eigenvalue weighted by molar-refractivity contribution is 7.91. The van der Waals surface area contributed by atoms with E-state index in [1.54, 1.807) is 11.4 Å². The van der Waals surface area contributed by atoms with Gasteiger partial charge in [-0.25, -0.2) is 8.42 Å². The molecule has 0 saturated carbocycles. The Hall–Kier alpha value is -0.960. The van der Waals surface area contributed by atoms with Gasteiger partial charge >= 0.3 is 5.97 Å². The zero-order valence-electron chi connectivity index (χ0n) is 8.68. The van der Waals surface area contributed by atoms with Gasteiger partial charge in [0, 0.05) is 13.0 Å². The van der Waals surface area contributed by atoms with Crippen molar-refractivity contribution in [3.8, 4) is 0 Å². The Bertz CT molecular complexity index is 509. The number of aliphatic hydroxyl groups is 1. The molecule has 0 bridgehead atoms. The number of carboxylic acid groups (broad SMARTS) is 1. The van der Waals surface area contributed by atoms with Crippen LogP contribution in [0.4, 0.5) is 0 Å². The van der Waals surface area contributed by atoms with E-state index in [0.717, 1.165) is 15.6 Å². The quantitative estimate of drug-likeness (QED) is 0.808. The van der Waals surface area contributed by atoms with Crippen LogP contribution >= 0.6 is 11.3 Å². The van der Waals surface area contributed by atoms with Gasteiger partial charge in [-0.3, -0.25) is 4.79 Å². The summed E-state index contributed by atoms with van der Waals surface area (Å²) in [6, 6.07) is 1.82. The minimum Gasteiger partial charge on any atom is -0.480 e. The van der Waals surface area contributed by atoms with Crippen LogP contribution in [0.25, 0.3) is 0 Å². The number of nitrogens with zero attached hydrogens (tertiary/aromatic N) is 1. The second-order valence-electron chi connectivity index (χ2n) is 3.75. The number of aliphatic hydroxyl groups excluding tert-OH is 1. The third kappa shape index (κ3) is 2.21. The third-order valence-electron chi connectivity index (χ3n) is 2.58. The average Bonchev–Trinajstić information content (AvgIpc) is 2.84. The number of β-amino-alcohol motifs (C(OH)–C–C–N with tert-alkyl or cyclic N) is 1. The Morgan fingerprint density at radius 1 is 1.53 bits per heavy atom. The number of hydrogen-bond acceptors (Lipinski definition) is 5. The summed E-state index contributed by atoms with van der Waals surface area (Å²) in [4.78, 5) is 11.0. The Morgan fingerprint density at radius 2 is 2.24 bits per heavy atom. The minimum atomic E-state index is -3.81. The van der Waals surface area contributed by atoms with E-state index in [9.17, 15) is 18.3 Å². The second-order valence-corrected chi connectivity index (χ2v) is 6.82. The van der Waals surface area contributed by atoms with Crippen molar-refractivity contribution in [2.45, 2.75) is 22.8 Å². The van der Waals surface area contributed by atoms with Gasteiger partial charge in [0.05, 0.1) is 6.10 Å². The fourth-order valence-electron chi connectivity index (χ4n) is 1.80. The molecule has 0 aromatic carbocycles. The summed E-state index contributed by atoms with van der Waals surface area (Å²) in [5.74, 6) is -1.23. The summed E-state index contributed by atoms with van der Waals surface area (Å²) in [5.41, 5.74) is 0. The van der Waals surface area contributed by atoms with Gasteiger partial charge in [-0.15, -0.1) is 11.3 Å². The van der Waals surface area contributed by atoms with Crippen LogP contribution in [-0.4, -0.2) is 47.6 Å². The number of thiophene rings is 1. The van der Waals surface area contributed by atoms with Gasteiger partial charge in [0.25, 0.3) is 10.0 Å². The van der Waals surface area contributed by atoms with E-state index in [1.807, 2.05) is 0 Å². The Kier molecular flexibility index (Phi) is 3.21. The molecule has 1 aliphatic rings. The minimum absolute atomic E-state index is 0.0695. The Morgan fingerprint density at radius 3 is 2.76 bits per heavy atom. The zero-order chi connectivity index (χ0) is 12.6.